The van der Waals surface area contributed by atoms with Gasteiger partial charge in [-0.25, -0.2) is 4.68 Å². The Bertz CT molecular complexity index is 1020. The highest BCUT2D eigenvalue weighted by Gasteiger charge is 2.35. The average molecular weight is 392 g/mol. The summed E-state index contributed by atoms with van der Waals surface area (Å²) < 4.78 is 7.34. The van der Waals surface area contributed by atoms with Crippen LogP contribution < -0.4 is 0 Å². The van der Waals surface area contributed by atoms with Gasteiger partial charge in [-0.2, -0.15) is 10.1 Å². The van der Waals surface area contributed by atoms with Crippen molar-refractivity contribution in [2.24, 2.45) is 0 Å². The first-order chi connectivity index (χ1) is 14.1. The van der Waals surface area contributed by atoms with Gasteiger partial charge in [0.25, 0.3) is 5.91 Å². The highest BCUT2D eigenvalue weighted by atomic mass is 16.5. The van der Waals surface area contributed by atoms with E-state index in [1.807, 2.05) is 54.0 Å². The number of nitrogens with zero attached hydrogens (tertiary/aromatic N) is 6. The summed E-state index contributed by atoms with van der Waals surface area (Å²) in [6, 6.07) is 7.57. The van der Waals surface area contributed by atoms with E-state index in [1.54, 1.807) is 6.20 Å². The van der Waals surface area contributed by atoms with E-state index in [0.29, 0.717) is 30.5 Å². The Kier molecular flexibility index (Phi) is 4.43. The highest BCUT2D eigenvalue weighted by molar-refractivity contribution is 5.94. The number of carbonyl (C=O) groups excluding carboxylic acids is 1. The van der Waals surface area contributed by atoms with Gasteiger partial charge in [-0.15, -0.1) is 0 Å². The average Bonchev–Trinajstić information content (AvgIpc) is 3.22. The van der Waals surface area contributed by atoms with Crippen LogP contribution in [0.5, 0.6) is 0 Å². The van der Waals surface area contributed by atoms with Crippen LogP contribution in [-0.2, 0) is 0 Å². The van der Waals surface area contributed by atoms with E-state index in [0.717, 1.165) is 36.5 Å². The summed E-state index contributed by atoms with van der Waals surface area (Å²) in [7, 11) is 2.04. The number of hydrogen-bond donors (Lipinski definition) is 0. The maximum Gasteiger partial charge on any atom is 0.253 e. The largest absolute Gasteiger partial charge is 0.338 e. The second-order valence-electron chi connectivity index (χ2n) is 7.96. The summed E-state index contributed by atoms with van der Waals surface area (Å²) in [5, 5.41) is 8.41. The third kappa shape index (κ3) is 3.44. The number of aromatic nitrogens is 4. The predicted molar refractivity (Wildman–Crippen MR) is 106 cm³/mol. The van der Waals surface area contributed by atoms with Crippen molar-refractivity contribution in [2.45, 2.75) is 31.7 Å². The molecule has 3 heterocycles. The molecule has 2 fully saturated rings. The lowest BCUT2D eigenvalue weighted by Gasteiger charge is -2.37. The molecule has 1 amide bonds. The zero-order valence-corrected chi connectivity index (χ0v) is 16.7. The third-order valence-electron chi connectivity index (χ3n) is 5.82. The molecule has 2 aromatic heterocycles. The van der Waals surface area contributed by atoms with Gasteiger partial charge in [0.05, 0.1) is 5.69 Å². The van der Waals surface area contributed by atoms with Crippen LogP contribution in [0.1, 0.15) is 52.4 Å². The topological polar surface area (TPSA) is 80.3 Å². The van der Waals surface area contributed by atoms with E-state index >= 15 is 0 Å². The molecule has 0 bridgehead atoms. The van der Waals surface area contributed by atoms with Crippen LogP contribution in [0.2, 0.25) is 0 Å². The summed E-state index contributed by atoms with van der Waals surface area (Å²) in [5.74, 6) is 1.90. The van der Waals surface area contributed by atoms with Crippen LogP contribution >= 0.6 is 0 Å². The van der Waals surface area contributed by atoms with Crippen LogP contribution in [0, 0.1) is 6.92 Å². The minimum atomic E-state index is -0.0721. The first kappa shape index (κ1) is 18.1. The normalized spacial score (nSPS) is 20.2. The smallest absolute Gasteiger partial charge is 0.253 e. The number of rotatable bonds is 4. The lowest BCUT2D eigenvalue weighted by molar-refractivity contribution is 0.0489. The molecule has 3 aromatic rings. The number of benzene rings is 1. The summed E-state index contributed by atoms with van der Waals surface area (Å²) in [6.45, 7) is 3.98. The van der Waals surface area contributed by atoms with Crippen molar-refractivity contribution in [3.63, 3.8) is 0 Å². The Hall–Kier alpha value is -3.00. The number of likely N-dealkylation sites (N-methyl/N-ethyl adjacent to an activating group) is 1. The summed E-state index contributed by atoms with van der Waals surface area (Å²) in [5.41, 5.74) is 2.67. The summed E-state index contributed by atoms with van der Waals surface area (Å²) in [4.78, 5) is 21.8. The SMILES string of the molecule is Cc1cc(C(=O)N2CCN(C)C(c3nc(C4CC4)no3)C2)ccc1-n1cccn1. The van der Waals surface area contributed by atoms with Crippen molar-refractivity contribution in [2.75, 3.05) is 26.7 Å². The highest BCUT2D eigenvalue weighted by Crippen LogP contribution is 2.39. The van der Waals surface area contributed by atoms with Gasteiger partial charge in [0.15, 0.2) is 5.82 Å². The van der Waals surface area contributed by atoms with Gasteiger partial charge in [-0.05, 0) is 56.6 Å². The van der Waals surface area contributed by atoms with Crippen molar-refractivity contribution in [3.8, 4) is 5.69 Å². The van der Waals surface area contributed by atoms with Gasteiger partial charge in [0, 0.05) is 43.5 Å². The predicted octanol–water partition coefficient (Wildman–Crippen LogP) is 2.57. The molecule has 5 rings (SSSR count). The van der Waals surface area contributed by atoms with E-state index in [9.17, 15) is 4.79 Å². The molecule has 2 aliphatic rings. The second-order valence-corrected chi connectivity index (χ2v) is 7.96. The number of hydrogen-bond acceptors (Lipinski definition) is 6. The van der Waals surface area contributed by atoms with E-state index in [1.165, 1.54) is 0 Å². The molecule has 1 aliphatic carbocycles. The molecule has 1 saturated heterocycles. The zero-order valence-electron chi connectivity index (χ0n) is 16.7. The van der Waals surface area contributed by atoms with Crippen molar-refractivity contribution in [1.82, 2.24) is 29.7 Å². The maximum absolute atomic E-state index is 13.2. The van der Waals surface area contributed by atoms with E-state index in [2.05, 4.69) is 20.1 Å². The number of carbonyl (C=O) groups is 1. The van der Waals surface area contributed by atoms with Gasteiger partial charge < -0.3 is 9.42 Å². The maximum atomic E-state index is 13.2. The lowest BCUT2D eigenvalue weighted by atomic mass is 10.1. The zero-order chi connectivity index (χ0) is 20.0. The molecule has 1 unspecified atom stereocenters. The molecule has 1 aromatic carbocycles. The number of amides is 1. The number of aryl methyl sites for hydroxylation is 1. The molecular formula is C21H24N6O2. The first-order valence-corrected chi connectivity index (χ1v) is 10.0. The van der Waals surface area contributed by atoms with Gasteiger partial charge >= 0.3 is 0 Å². The fourth-order valence-electron chi connectivity index (χ4n) is 3.85. The Balaban J connectivity index is 1.34. The fourth-order valence-corrected chi connectivity index (χ4v) is 3.85. The molecule has 150 valence electrons. The minimum absolute atomic E-state index is 0.0279. The van der Waals surface area contributed by atoms with Crippen LogP contribution in [-0.4, -0.2) is 62.3 Å². The first-order valence-electron chi connectivity index (χ1n) is 10.0. The van der Waals surface area contributed by atoms with E-state index < -0.39 is 0 Å². The van der Waals surface area contributed by atoms with Crippen molar-refractivity contribution in [1.29, 1.82) is 0 Å². The molecule has 0 radical (unpaired) electrons. The molecule has 8 heteroatoms. The van der Waals surface area contributed by atoms with E-state index in [-0.39, 0.29) is 11.9 Å². The molecule has 1 saturated carbocycles. The molecule has 1 atom stereocenters. The van der Waals surface area contributed by atoms with Crippen LogP contribution in [0.25, 0.3) is 5.69 Å². The molecule has 8 nitrogen and oxygen atoms in total. The fraction of sp³-hybridized carbons (Fsp3) is 0.429. The Labute approximate surface area is 169 Å². The summed E-state index contributed by atoms with van der Waals surface area (Å²) in [6.07, 6.45) is 5.92. The van der Waals surface area contributed by atoms with E-state index in [4.69, 9.17) is 4.52 Å². The van der Waals surface area contributed by atoms with Crippen molar-refractivity contribution >= 4 is 5.91 Å². The third-order valence-corrected chi connectivity index (χ3v) is 5.82. The van der Waals surface area contributed by atoms with Crippen molar-refractivity contribution in [3.05, 3.63) is 59.5 Å². The van der Waals surface area contributed by atoms with Gasteiger partial charge in [0.1, 0.15) is 6.04 Å². The molecular weight excluding hydrogens is 368 g/mol. The Morgan fingerprint density at radius 2 is 2.10 bits per heavy atom. The van der Waals surface area contributed by atoms with Crippen LogP contribution in [0.15, 0.2) is 41.2 Å². The monoisotopic (exact) mass is 392 g/mol. The van der Waals surface area contributed by atoms with Crippen molar-refractivity contribution < 1.29 is 9.32 Å². The van der Waals surface area contributed by atoms with Crippen LogP contribution in [0.3, 0.4) is 0 Å². The van der Waals surface area contributed by atoms with Gasteiger partial charge in [0.2, 0.25) is 5.89 Å². The summed E-state index contributed by atoms with van der Waals surface area (Å²) >= 11 is 0. The Morgan fingerprint density at radius 1 is 1.24 bits per heavy atom. The molecule has 0 N–H and O–H groups in total. The molecule has 0 spiro atoms. The van der Waals surface area contributed by atoms with Gasteiger partial charge in [-0.3, -0.25) is 9.69 Å². The lowest BCUT2D eigenvalue weighted by Crippen LogP contribution is -2.49. The molecule has 1 aliphatic heterocycles. The second kappa shape index (κ2) is 7.11. The standard InChI is InChI=1S/C21H24N6O2/c1-14-12-16(6-7-17(14)27-9-3-8-22-27)21(28)26-11-10-25(2)18(13-26)20-23-19(24-29-20)15-4-5-15/h3,6-9,12,15,18H,4-5,10-11,13H2,1-2H3. The quantitative estimate of drug-likeness (QED) is 0.679. The number of piperazine rings is 1. The molecule has 29 heavy (non-hydrogen) atoms. The Morgan fingerprint density at radius 3 is 2.83 bits per heavy atom. The minimum Gasteiger partial charge on any atom is -0.338 e. The van der Waals surface area contributed by atoms with Crippen LogP contribution in [0.4, 0.5) is 0 Å². The van der Waals surface area contributed by atoms with Gasteiger partial charge in [-0.1, -0.05) is 5.16 Å².